The van der Waals surface area contributed by atoms with Crippen LogP contribution in [0.4, 0.5) is 0 Å². The second kappa shape index (κ2) is 10.6. The first-order chi connectivity index (χ1) is 10.1. The SMILES string of the molecule is C=C(CC1CCCCCCCCCCC1=O)C(=O)OCC. The van der Waals surface area contributed by atoms with E-state index in [0.29, 0.717) is 30.8 Å². The lowest BCUT2D eigenvalue weighted by Gasteiger charge is -2.17. The lowest BCUT2D eigenvalue weighted by Crippen LogP contribution is -2.18. The Morgan fingerprint density at radius 2 is 1.67 bits per heavy atom. The summed E-state index contributed by atoms with van der Waals surface area (Å²) >= 11 is 0. The van der Waals surface area contributed by atoms with Crippen LogP contribution in [0.15, 0.2) is 12.2 Å². The molecule has 1 saturated carbocycles. The van der Waals surface area contributed by atoms with Crippen molar-refractivity contribution in [3.63, 3.8) is 0 Å². The molecule has 0 aromatic rings. The molecule has 0 saturated heterocycles. The van der Waals surface area contributed by atoms with E-state index in [1.165, 1.54) is 32.1 Å². The van der Waals surface area contributed by atoms with Gasteiger partial charge in [0.05, 0.1) is 6.61 Å². The van der Waals surface area contributed by atoms with Crippen LogP contribution in [0, 0.1) is 5.92 Å². The third-order valence-electron chi connectivity index (χ3n) is 4.24. The number of carbonyl (C=O) groups is 2. The molecule has 0 aromatic heterocycles. The molecule has 0 spiro atoms. The lowest BCUT2D eigenvalue weighted by molar-refractivity contribution is -0.138. The normalized spacial score (nSPS) is 22.0. The summed E-state index contributed by atoms with van der Waals surface area (Å²) in [5.41, 5.74) is 0.447. The van der Waals surface area contributed by atoms with Crippen molar-refractivity contribution in [1.82, 2.24) is 0 Å². The van der Waals surface area contributed by atoms with Crippen LogP contribution < -0.4 is 0 Å². The Labute approximate surface area is 129 Å². The molecule has 0 aromatic carbocycles. The Hall–Kier alpha value is -1.12. The second-order valence-corrected chi connectivity index (χ2v) is 6.06. The Morgan fingerprint density at radius 1 is 1.10 bits per heavy atom. The predicted octanol–water partition coefficient (Wildman–Crippen LogP) is 4.60. The van der Waals surface area contributed by atoms with E-state index in [0.717, 1.165) is 25.7 Å². The molecule has 0 amide bonds. The van der Waals surface area contributed by atoms with Crippen molar-refractivity contribution >= 4 is 11.8 Å². The highest BCUT2D eigenvalue weighted by molar-refractivity contribution is 5.89. The fourth-order valence-corrected chi connectivity index (χ4v) is 2.95. The molecule has 1 fully saturated rings. The molecule has 21 heavy (non-hydrogen) atoms. The van der Waals surface area contributed by atoms with Crippen LogP contribution in [0.3, 0.4) is 0 Å². The minimum absolute atomic E-state index is 0.0404. The zero-order chi connectivity index (χ0) is 15.5. The van der Waals surface area contributed by atoms with Gasteiger partial charge in [0.1, 0.15) is 5.78 Å². The van der Waals surface area contributed by atoms with Crippen molar-refractivity contribution < 1.29 is 14.3 Å². The zero-order valence-electron chi connectivity index (χ0n) is 13.5. The first-order valence-electron chi connectivity index (χ1n) is 8.52. The number of carbonyl (C=O) groups excluding carboxylic acids is 2. The summed E-state index contributed by atoms with van der Waals surface area (Å²) < 4.78 is 4.97. The van der Waals surface area contributed by atoms with E-state index in [4.69, 9.17) is 4.74 Å². The number of hydrogen-bond donors (Lipinski definition) is 0. The third kappa shape index (κ3) is 7.45. The Morgan fingerprint density at radius 3 is 2.29 bits per heavy atom. The van der Waals surface area contributed by atoms with Crippen molar-refractivity contribution in [1.29, 1.82) is 0 Å². The number of Topliss-reactive ketones (excluding diaryl/α,β-unsaturated/α-hetero) is 1. The van der Waals surface area contributed by atoms with Gasteiger partial charge in [0, 0.05) is 17.9 Å². The minimum atomic E-state index is -0.351. The molecule has 0 radical (unpaired) electrons. The molecular formula is C18H30O3. The van der Waals surface area contributed by atoms with Crippen LogP contribution in [0.25, 0.3) is 0 Å². The average Bonchev–Trinajstić information content (AvgIpc) is 2.46. The van der Waals surface area contributed by atoms with Gasteiger partial charge in [-0.05, 0) is 26.2 Å². The summed E-state index contributed by atoms with van der Waals surface area (Å²) in [6, 6.07) is 0. The highest BCUT2D eigenvalue weighted by atomic mass is 16.5. The van der Waals surface area contributed by atoms with Crippen LogP contribution in [0.5, 0.6) is 0 Å². The summed E-state index contributed by atoms with van der Waals surface area (Å²) in [6.07, 6.45) is 11.5. The van der Waals surface area contributed by atoms with Gasteiger partial charge in [-0.25, -0.2) is 4.79 Å². The highest BCUT2D eigenvalue weighted by Crippen LogP contribution is 2.24. The summed E-state index contributed by atoms with van der Waals surface area (Å²) in [4.78, 5) is 24.0. The first kappa shape index (κ1) is 17.9. The average molecular weight is 294 g/mol. The standard InChI is InChI=1S/C18H30O3/c1-3-21-18(20)15(2)14-16-12-10-8-6-4-5-7-9-11-13-17(16)19/h16H,2-14H2,1H3. The maximum absolute atomic E-state index is 12.4. The van der Waals surface area contributed by atoms with Gasteiger partial charge in [0.25, 0.3) is 0 Å². The molecule has 1 unspecified atom stereocenters. The maximum Gasteiger partial charge on any atom is 0.333 e. The molecular weight excluding hydrogens is 264 g/mol. The molecule has 3 nitrogen and oxygen atoms in total. The van der Waals surface area contributed by atoms with Gasteiger partial charge >= 0.3 is 5.97 Å². The van der Waals surface area contributed by atoms with Crippen molar-refractivity contribution in [3.05, 3.63) is 12.2 Å². The molecule has 0 aliphatic heterocycles. The summed E-state index contributed by atoms with van der Waals surface area (Å²) in [7, 11) is 0. The van der Waals surface area contributed by atoms with Crippen LogP contribution in [-0.4, -0.2) is 18.4 Å². The number of rotatable bonds is 4. The fraction of sp³-hybridized carbons (Fsp3) is 0.778. The molecule has 1 aliphatic carbocycles. The monoisotopic (exact) mass is 294 g/mol. The van der Waals surface area contributed by atoms with Crippen molar-refractivity contribution in [2.45, 2.75) is 77.6 Å². The largest absolute Gasteiger partial charge is 0.463 e. The Kier molecular flexibility index (Phi) is 9.04. The number of ether oxygens (including phenoxy) is 1. The lowest BCUT2D eigenvalue weighted by atomic mass is 9.87. The molecule has 1 atom stereocenters. The fourth-order valence-electron chi connectivity index (χ4n) is 2.95. The van der Waals surface area contributed by atoms with E-state index in [9.17, 15) is 9.59 Å². The van der Waals surface area contributed by atoms with E-state index in [2.05, 4.69) is 6.58 Å². The zero-order valence-corrected chi connectivity index (χ0v) is 13.5. The van der Waals surface area contributed by atoms with Crippen LogP contribution in [-0.2, 0) is 14.3 Å². The molecule has 3 heteroatoms. The topological polar surface area (TPSA) is 43.4 Å². The van der Waals surface area contributed by atoms with Gasteiger partial charge in [-0.1, -0.05) is 51.5 Å². The van der Waals surface area contributed by atoms with Gasteiger partial charge in [-0.15, -0.1) is 0 Å². The second-order valence-electron chi connectivity index (χ2n) is 6.06. The van der Waals surface area contributed by atoms with Crippen LogP contribution >= 0.6 is 0 Å². The molecule has 0 N–H and O–H groups in total. The van der Waals surface area contributed by atoms with Crippen LogP contribution in [0.1, 0.15) is 77.6 Å². The summed E-state index contributed by atoms with van der Waals surface area (Å²) in [5, 5.41) is 0. The predicted molar refractivity (Wildman–Crippen MR) is 85.1 cm³/mol. The smallest absolute Gasteiger partial charge is 0.333 e. The Balaban J connectivity index is 2.53. The molecule has 0 bridgehead atoms. The molecule has 1 rings (SSSR count). The minimum Gasteiger partial charge on any atom is -0.463 e. The maximum atomic E-state index is 12.4. The number of ketones is 1. The van der Waals surface area contributed by atoms with E-state index in [1.807, 2.05) is 0 Å². The van der Waals surface area contributed by atoms with Gasteiger partial charge in [0.15, 0.2) is 0 Å². The highest BCUT2D eigenvalue weighted by Gasteiger charge is 2.22. The third-order valence-corrected chi connectivity index (χ3v) is 4.24. The van der Waals surface area contributed by atoms with Gasteiger partial charge in [0.2, 0.25) is 0 Å². The van der Waals surface area contributed by atoms with Gasteiger partial charge < -0.3 is 4.74 Å². The Bertz CT molecular complexity index is 346. The van der Waals surface area contributed by atoms with Gasteiger partial charge in [-0.2, -0.15) is 0 Å². The quantitative estimate of drug-likeness (QED) is 0.562. The number of hydrogen-bond acceptors (Lipinski definition) is 3. The summed E-state index contributed by atoms with van der Waals surface area (Å²) in [5.74, 6) is -0.0845. The summed E-state index contributed by atoms with van der Waals surface area (Å²) in [6.45, 7) is 5.95. The molecule has 0 heterocycles. The van der Waals surface area contributed by atoms with Crippen molar-refractivity contribution in [2.24, 2.45) is 5.92 Å². The van der Waals surface area contributed by atoms with E-state index in [-0.39, 0.29) is 11.9 Å². The number of esters is 1. The van der Waals surface area contributed by atoms with Crippen molar-refractivity contribution in [2.75, 3.05) is 6.61 Å². The molecule has 1 aliphatic rings. The van der Waals surface area contributed by atoms with E-state index >= 15 is 0 Å². The van der Waals surface area contributed by atoms with Crippen molar-refractivity contribution in [3.8, 4) is 0 Å². The van der Waals surface area contributed by atoms with E-state index < -0.39 is 0 Å². The molecule has 120 valence electrons. The van der Waals surface area contributed by atoms with E-state index in [1.54, 1.807) is 6.92 Å². The van der Waals surface area contributed by atoms with Crippen LogP contribution in [0.2, 0.25) is 0 Å². The first-order valence-corrected chi connectivity index (χ1v) is 8.52. The van der Waals surface area contributed by atoms with Gasteiger partial charge in [-0.3, -0.25) is 4.79 Å².